The Labute approximate surface area is 81.1 Å². The zero-order chi connectivity index (χ0) is 9.26. The van der Waals surface area contributed by atoms with E-state index in [2.05, 4.69) is 29.2 Å². The number of hydrogen-bond acceptors (Lipinski definition) is 3. The first-order valence-corrected chi connectivity index (χ1v) is 5.38. The molecule has 0 radical (unpaired) electrons. The number of rotatable bonds is 2. The lowest BCUT2D eigenvalue weighted by atomic mass is 10.2. The molecule has 2 heterocycles. The summed E-state index contributed by atoms with van der Waals surface area (Å²) in [5.74, 6) is 0. The molecule has 2 fully saturated rings. The standard InChI is InChI=1S/C10H21N3/c1-12(2)10-4-6-13(8-10)9-3-5-11-7-9/h9-11H,3-8H2,1-2H3/t9-,10-/m0/s1. The molecule has 0 spiro atoms. The van der Waals surface area contributed by atoms with Gasteiger partial charge in [-0.1, -0.05) is 0 Å². The Morgan fingerprint density at radius 3 is 2.69 bits per heavy atom. The molecule has 2 aliphatic rings. The maximum absolute atomic E-state index is 3.44. The third kappa shape index (κ3) is 2.03. The van der Waals surface area contributed by atoms with E-state index in [1.807, 2.05) is 0 Å². The van der Waals surface area contributed by atoms with Gasteiger partial charge in [-0.05, 0) is 33.5 Å². The summed E-state index contributed by atoms with van der Waals surface area (Å²) in [6, 6.07) is 1.62. The molecule has 2 atom stereocenters. The second-order valence-corrected chi connectivity index (χ2v) is 4.55. The maximum atomic E-state index is 3.44. The topological polar surface area (TPSA) is 18.5 Å². The molecule has 0 unspecified atom stereocenters. The minimum atomic E-state index is 0.792. The molecule has 0 aromatic carbocycles. The van der Waals surface area contributed by atoms with Crippen molar-refractivity contribution in [2.75, 3.05) is 40.3 Å². The Morgan fingerprint density at radius 2 is 2.15 bits per heavy atom. The van der Waals surface area contributed by atoms with Crippen molar-refractivity contribution in [2.45, 2.75) is 24.9 Å². The SMILES string of the molecule is CN(C)[C@H]1CCN([C@H]2CCNC2)C1. The van der Waals surface area contributed by atoms with Crippen LogP contribution in [0.2, 0.25) is 0 Å². The number of hydrogen-bond donors (Lipinski definition) is 1. The molecule has 0 bridgehead atoms. The van der Waals surface area contributed by atoms with Gasteiger partial charge in [0.25, 0.3) is 0 Å². The Kier molecular flexibility index (Phi) is 2.86. The second-order valence-electron chi connectivity index (χ2n) is 4.55. The summed E-state index contributed by atoms with van der Waals surface area (Å²) in [7, 11) is 4.39. The smallest absolute Gasteiger partial charge is 0.0233 e. The van der Waals surface area contributed by atoms with Crippen LogP contribution in [0.25, 0.3) is 0 Å². The van der Waals surface area contributed by atoms with Gasteiger partial charge in [0.15, 0.2) is 0 Å². The predicted molar refractivity (Wildman–Crippen MR) is 54.9 cm³/mol. The van der Waals surface area contributed by atoms with Gasteiger partial charge in [0, 0.05) is 31.7 Å². The lowest BCUT2D eigenvalue weighted by Crippen LogP contribution is -2.38. The number of nitrogens with one attached hydrogen (secondary N) is 1. The van der Waals surface area contributed by atoms with Crippen molar-refractivity contribution in [1.82, 2.24) is 15.1 Å². The Hall–Kier alpha value is -0.120. The van der Waals surface area contributed by atoms with Crippen LogP contribution in [0.5, 0.6) is 0 Å². The van der Waals surface area contributed by atoms with Gasteiger partial charge in [-0.3, -0.25) is 4.90 Å². The lowest BCUT2D eigenvalue weighted by Gasteiger charge is -2.24. The van der Waals surface area contributed by atoms with Crippen molar-refractivity contribution in [1.29, 1.82) is 0 Å². The van der Waals surface area contributed by atoms with E-state index in [-0.39, 0.29) is 0 Å². The largest absolute Gasteiger partial charge is 0.315 e. The molecular weight excluding hydrogens is 162 g/mol. The van der Waals surface area contributed by atoms with Crippen molar-refractivity contribution in [3.63, 3.8) is 0 Å². The average Bonchev–Trinajstić information content (AvgIpc) is 2.75. The summed E-state index contributed by atoms with van der Waals surface area (Å²) < 4.78 is 0. The molecular formula is C10H21N3. The van der Waals surface area contributed by atoms with Crippen LogP contribution in [-0.4, -0.2) is 62.2 Å². The minimum Gasteiger partial charge on any atom is -0.315 e. The first-order valence-electron chi connectivity index (χ1n) is 5.38. The van der Waals surface area contributed by atoms with Crippen molar-refractivity contribution in [3.8, 4) is 0 Å². The van der Waals surface area contributed by atoms with E-state index in [9.17, 15) is 0 Å². The number of likely N-dealkylation sites (tertiary alicyclic amines) is 1. The molecule has 2 rings (SSSR count). The number of nitrogens with zero attached hydrogens (tertiary/aromatic N) is 2. The van der Waals surface area contributed by atoms with Crippen LogP contribution in [0.3, 0.4) is 0 Å². The first-order chi connectivity index (χ1) is 6.27. The van der Waals surface area contributed by atoms with E-state index >= 15 is 0 Å². The summed E-state index contributed by atoms with van der Waals surface area (Å²) in [6.07, 6.45) is 2.70. The predicted octanol–water partition coefficient (Wildman–Crippen LogP) is -0.0158. The zero-order valence-electron chi connectivity index (χ0n) is 8.79. The van der Waals surface area contributed by atoms with Crippen LogP contribution in [0.1, 0.15) is 12.8 Å². The molecule has 3 heteroatoms. The van der Waals surface area contributed by atoms with Crippen molar-refractivity contribution < 1.29 is 0 Å². The highest BCUT2D eigenvalue weighted by Crippen LogP contribution is 2.18. The van der Waals surface area contributed by atoms with Gasteiger partial charge in [-0.2, -0.15) is 0 Å². The summed E-state index contributed by atoms with van der Waals surface area (Å²) in [4.78, 5) is 5.02. The van der Waals surface area contributed by atoms with Crippen molar-refractivity contribution >= 4 is 0 Å². The quantitative estimate of drug-likeness (QED) is 0.649. The summed E-state index contributed by atoms with van der Waals surface area (Å²) >= 11 is 0. The van der Waals surface area contributed by atoms with Crippen molar-refractivity contribution in [3.05, 3.63) is 0 Å². The van der Waals surface area contributed by atoms with Gasteiger partial charge in [0.1, 0.15) is 0 Å². The molecule has 0 aromatic heterocycles. The number of likely N-dealkylation sites (N-methyl/N-ethyl adjacent to an activating group) is 1. The van der Waals surface area contributed by atoms with Gasteiger partial charge < -0.3 is 10.2 Å². The summed E-state index contributed by atoms with van der Waals surface area (Å²) in [5, 5.41) is 3.44. The molecule has 2 saturated heterocycles. The molecule has 2 aliphatic heterocycles. The highest BCUT2D eigenvalue weighted by molar-refractivity contribution is 4.88. The van der Waals surface area contributed by atoms with Gasteiger partial charge in [-0.15, -0.1) is 0 Å². The molecule has 13 heavy (non-hydrogen) atoms. The Balaban J connectivity index is 1.83. The van der Waals surface area contributed by atoms with Crippen LogP contribution in [-0.2, 0) is 0 Å². The van der Waals surface area contributed by atoms with E-state index in [1.165, 1.54) is 39.0 Å². The second kappa shape index (κ2) is 3.95. The van der Waals surface area contributed by atoms with Crippen LogP contribution in [0, 0.1) is 0 Å². The van der Waals surface area contributed by atoms with E-state index < -0.39 is 0 Å². The Morgan fingerprint density at radius 1 is 1.31 bits per heavy atom. The van der Waals surface area contributed by atoms with Gasteiger partial charge in [-0.25, -0.2) is 0 Å². The summed E-state index contributed by atoms with van der Waals surface area (Å²) in [5.41, 5.74) is 0. The van der Waals surface area contributed by atoms with Crippen LogP contribution in [0.4, 0.5) is 0 Å². The Bertz CT molecular complexity index is 164. The highest BCUT2D eigenvalue weighted by Gasteiger charge is 2.30. The molecule has 0 amide bonds. The van der Waals surface area contributed by atoms with Crippen LogP contribution in [0.15, 0.2) is 0 Å². The van der Waals surface area contributed by atoms with Gasteiger partial charge >= 0.3 is 0 Å². The first kappa shape index (κ1) is 9.44. The molecule has 0 aliphatic carbocycles. The van der Waals surface area contributed by atoms with E-state index in [0.717, 1.165) is 12.1 Å². The highest BCUT2D eigenvalue weighted by atomic mass is 15.3. The fourth-order valence-electron chi connectivity index (χ4n) is 2.47. The van der Waals surface area contributed by atoms with Gasteiger partial charge in [0.2, 0.25) is 0 Å². The maximum Gasteiger partial charge on any atom is 0.0233 e. The van der Waals surface area contributed by atoms with Crippen molar-refractivity contribution in [2.24, 2.45) is 0 Å². The third-order valence-corrected chi connectivity index (χ3v) is 3.48. The van der Waals surface area contributed by atoms with E-state index in [1.54, 1.807) is 0 Å². The zero-order valence-corrected chi connectivity index (χ0v) is 8.79. The van der Waals surface area contributed by atoms with E-state index in [0.29, 0.717) is 0 Å². The molecule has 3 nitrogen and oxygen atoms in total. The van der Waals surface area contributed by atoms with Gasteiger partial charge in [0.05, 0.1) is 0 Å². The lowest BCUT2D eigenvalue weighted by molar-refractivity contribution is 0.226. The summed E-state index contributed by atoms with van der Waals surface area (Å²) in [6.45, 7) is 5.00. The molecule has 76 valence electrons. The van der Waals surface area contributed by atoms with E-state index in [4.69, 9.17) is 0 Å². The molecule has 0 saturated carbocycles. The average molecular weight is 183 g/mol. The monoisotopic (exact) mass is 183 g/mol. The minimum absolute atomic E-state index is 0.792. The fourth-order valence-corrected chi connectivity index (χ4v) is 2.47. The molecule has 0 aromatic rings. The van der Waals surface area contributed by atoms with Crippen LogP contribution < -0.4 is 5.32 Å². The fraction of sp³-hybridized carbons (Fsp3) is 1.00. The normalized spacial score (nSPS) is 36.2. The molecule has 1 N–H and O–H groups in total. The van der Waals surface area contributed by atoms with Crippen LogP contribution >= 0.6 is 0 Å². The third-order valence-electron chi connectivity index (χ3n) is 3.48.